The monoisotopic (exact) mass is 417 g/mol. The average molecular weight is 418 g/mol. The van der Waals surface area contributed by atoms with Crippen LogP contribution in [-0.2, 0) is 6.54 Å². The van der Waals surface area contributed by atoms with Crippen LogP contribution in [0.1, 0.15) is 30.2 Å². The van der Waals surface area contributed by atoms with Crippen LogP contribution in [0.4, 0.5) is 14.5 Å². The standard InChI is InChI=1S/C22H29F2N5O/c1-5-25-22(27-12-19-15(3)21(30-4)14(2)11-26-19)28-16-9-10-29(13-16)20-17(23)7-6-8-18(20)24/h6-8,11,16H,5,9-10,12-13H2,1-4H3,(H2,25,27,28). The van der Waals surface area contributed by atoms with Crippen LogP contribution >= 0.6 is 0 Å². The molecule has 0 saturated carbocycles. The van der Waals surface area contributed by atoms with E-state index in [1.54, 1.807) is 18.2 Å². The maximum Gasteiger partial charge on any atom is 0.191 e. The van der Waals surface area contributed by atoms with Crippen LogP contribution in [-0.4, -0.2) is 43.7 Å². The van der Waals surface area contributed by atoms with Crippen LogP contribution < -0.4 is 20.3 Å². The summed E-state index contributed by atoms with van der Waals surface area (Å²) in [6.45, 7) is 8.10. The molecule has 6 nitrogen and oxygen atoms in total. The van der Waals surface area contributed by atoms with E-state index in [-0.39, 0.29) is 11.7 Å². The Hall–Kier alpha value is -2.90. The minimum Gasteiger partial charge on any atom is -0.496 e. The summed E-state index contributed by atoms with van der Waals surface area (Å²) in [5.41, 5.74) is 2.84. The topological polar surface area (TPSA) is 61.8 Å². The molecule has 8 heteroatoms. The highest BCUT2D eigenvalue weighted by Crippen LogP contribution is 2.27. The molecule has 2 N–H and O–H groups in total. The van der Waals surface area contributed by atoms with Gasteiger partial charge >= 0.3 is 0 Å². The number of hydrogen-bond donors (Lipinski definition) is 2. The van der Waals surface area contributed by atoms with E-state index < -0.39 is 11.6 Å². The minimum absolute atomic E-state index is 0.0309. The van der Waals surface area contributed by atoms with Crippen LogP contribution in [0, 0.1) is 25.5 Å². The Balaban J connectivity index is 1.69. The van der Waals surface area contributed by atoms with E-state index >= 15 is 0 Å². The molecule has 0 bridgehead atoms. The number of ether oxygens (including phenoxy) is 1. The third-order valence-corrected chi connectivity index (χ3v) is 5.26. The van der Waals surface area contributed by atoms with Gasteiger partial charge < -0.3 is 20.3 Å². The summed E-state index contributed by atoms with van der Waals surface area (Å²) in [6.07, 6.45) is 2.54. The number of para-hydroxylation sites is 1. The maximum atomic E-state index is 14.1. The van der Waals surface area contributed by atoms with Crippen molar-refractivity contribution in [3.63, 3.8) is 0 Å². The van der Waals surface area contributed by atoms with Crippen LogP contribution in [0.25, 0.3) is 0 Å². The van der Waals surface area contributed by atoms with E-state index in [2.05, 4.69) is 20.6 Å². The number of nitrogens with one attached hydrogen (secondary N) is 2. The quantitative estimate of drug-likeness (QED) is 0.558. The lowest BCUT2D eigenvalue weighted by molar-refractivity contribution is 0.407. The van der Waals surface area contributed by atoms with Crippen molar-refractivity contribution in [1.82, 2.24) is 15.6 Å². The number of rotatable bonds is 6. The van der Waals surface area contributed by atoms with Crippen LogP contribution in [0.15, 0.2) is 29.4 Å². The van der Waals surface area contributed by atoms with Crippen LogP contribution in [0.2, 0.25) is 0 Å². The summed E-state index contributed by atoms with van der Waals surface area (Å²) in [6, 6.07) is 3.99. The van der Waals surface area contributed by atoms with Gasteiger partial charge in [-0.3, -0.25) is 4.98 Å². The number of aryl methyl sites for hydroxylation is 1. The van der Waals surface area contributed by atoms with Gasteiger partial charge in [-0.25, -0.2) is 13.8 Å². The van der Waals surface area contributed by atoms with Gasteiger partial charge in [-0.2, -0.15) is 0 Å². The summed E-state index contributed by atoms with van der Waals surface area (Å²) >= 11 is 0. The number of aromatic nitrogens is 1. The fourth-order valence-electron chi connectivity index (χ4n) is 3.77. The van der Waals surface area contributed by atoms with Gasteiger partial charge in [0.25, 0.3) is 0 Å². The molecule has 1 saturated heterocycles. The molecule has 2 aromatic rings. The van der Waals surface area contributed by atoms with Crippen LogP contribution in [0.5, 0.6) is 5.75 Å². The predicted molar refractivity (Wildman–Crippen MR) is 115 cm³/mol. The van der Waals surface area contributed by atoms with E-state index in [1.165, 1.54) is 18.2 Å². The zero-order valence-electron chi connectivity index (χ0n) is 17.9. The SMILES string of the molecule is CCNC(=NCc1ncc(C)c(OC)c1C)NC1CCN(c2c(F)cccc2F)C1. The molecule has 1 atom stereocenters. The van der Waals surface area contributed by atoms with Crippen molar-refractivity contribution in [1.29, 1.82) is 0 Å². The van der Waals surface area contributed by atoms with E-state index in [1.807, 2.05) is 20.8 Å². The number of nitrogens with zero attached hydrogens (tertiary/aromatic N) is 3. The molecule has 1 aliphatic heterocycles. The highest BCUT2D eigenvalue weighted by Gasteiger charge is 2.27. The van der Waals surface area contributed by atoms with Gasteiger partial charge in [0.05, 0.1) is 19.3 Å². The third kappa shape index (κ3) is 4.80. The smallest absolute Gasteiger partial charge is 0.191 e. The molecule has 1 aromatic carbocycles. The Bertz CT molecular complexity index is 898. The molecule has 0 amide bonds. The van der Waals surface area contributed by atoms with Crippen molar-refractivity contribution in [2.24, 2.45) is 4.99 Å². The number of methoxy groups -OCH3 is 1. The molecule has 1 fully saturated rings. The summed E-state index contributed by atoms with van der Waals surface area (Å²) in [5.74, 6) is 0.405. The Morgan fingerprint density at radius 3 is 2.70 bits per heavy atom. The zero-order valence-corrected chi connectivity index (χ0v) is 17.9. The van der Waals surface area contributed by atoms with Gasteiger partial charge in [-0.15, -0.1) is 0 Å². The Morgan fingerprint density at radius 2 is 2.03 bits per heavy atom. The molecular formula is C22H29F2N5O. The van der Waals surface area contributed by atoms with Crippen molar-refractivity contribution in [2.45, 2.75) is 39.8 Å². The predicted octanol–water partition coefficient (Wildman–Crippen LogP) is 3.32. The first kappa shape index (κ1) is 21.8. The Labute approximate surface area is 176 Å². The maximum absolute atomic E-state index is 14.1. The van der Waals surface area contributed by atoms with Gasteiger partial charge in [0, 0.05) is 43.0 Å². The van der Waals surface area contributed by atoms with Crippen molar-refractivity contribution in [3.05, 3.63) is 52.9 Å². The number of aliphatic imine (C=N–C) groups is 1. The summed E-state index contributed by atoms with van der Waals surface area (Å²) in [5, 5.41) is 6.61. The molecule has 0 radical (unpaired) electrons. The highest BCUT2D eigenvalue weighted by molar-refractivity contribution is 5.80. The van der Waals surface area contributed by atoms with E-state index in [9.17, 15) is 8.78 Å². The van der Waals surface area contributed by atoms with Gasteiger partial charge in [0.15, 0.2) is 5.96 Å². The lowest BCUT2D eigenvalue weighted by atomic mass is 10.1. The van der Waals surface area contributed by atoms with Gasteiger partial charge in [-0.1, -0.05) is 6.07 Å². The zero-order chi connectivity index (χ0) is 21.7. The molecule has 1 aliphatic rings. The van der Waals surface area contributed by atoms with Crippen molar-refractivity contribution in [2.75, 3.05) is 31.6 Å². The van der Waals surface area contributed by atoms with Gasteiger partial charge in [-0.05, 0) is 39.3 Å². The number of hydrogen-bond acceptors (Lipinski definition) is 4. The van der Waals surface area contributed by atoms with E-state index in [4.69, 9.17) is 4.74 Å². The Kier molecular flexibility index (Phi) is 7.07. The largest absolute Gasteiger partial charge is 0.496 e. The normalized spacial score (nSPS) is 16.7. The Morgan fingerprint density at radius 1 is 1.30 bits per heavy atom. The molecule has 3 rings (SSSR count). The number of benzene rings is 1. The molecule has 2 heterocycles. The average Bonchev–Trinajstić information content (AvgIpc) is 3.15. The number of anilines is 1. The second kappa shape index (κ2) is 9.73. The fourth-order valence-corrected chi connectivity index (χ4v) is 3.77. The second-order valence-corrected chi connectivity index (χ2v) is 7.39. The first-order chi connectivity index (χ1) is 14.4. The molecular weight excluding hydrogens is 388 g/mol. The molecule has 1 unspecified atom stereocenters. The summed E-state index contributed by atoms with van der Waals surface area (Å²) in [4.78, 5) is 10.9. The number of halogens is 2. The summed E-state index contributed by atoms with van der Waals surface area (Å²) < 4.78 is 33.7. The van der Waals surface area contributed by atoms with E-state index in [0.29, 0.717) is 32.1 Å². The molecule has 1 aromatic heterocycles. The van der Waals surface area contributed by atoms with Gasteiger partial charge in [0.2, 0.25) is 0 Å². The minimum atomic E-state index is -0.536. The van der Waals surface area contributed by atoms with Crippen molar-refractivity contribution in [3.8, 4) is 5.75 Å². The van der Waals surface area contributed by atoms with Crippen molar-refractivity contribution < 1.29 is 13.5 Å². The highest BCUT2D eigenvalue weighted by atomic mass is 19.1. The lowest BCUT2D eigenvalue weighted by Crippen LogP contribution is -2.44. The van der Waals surface area contributed by atoms with Gasteiger partial charge in [0.1, 0.15) is 23.1 Å². The molecule has 0 spiro atoms. The number of pyridine rings is 1. The first-order valence-electron chi connectivity index (χ1n) is 10.2. The number of guanidine groups is 1. The van der Waals surface area contributed by atoms with Crippen molar-refractivity contribution >= 4 is 11.6 Å². The van der Waals surface area contributed by atoms with E-state index in [0.717, 1.165) is 29.0 Å². The molecule has 30 heavy (non-hydrogen) atoms. The molecule has 0 aliphatic carbocycles. The van der Waals surface area contributed by atoms with Crippen LogP contribution in [0.3, 0.4) is 0 Å². The molecule has 162 valence electrons. The lowest BCUT2D eigenvalue weighted by Gasteiger charge is -2.21. The second-order valence-electron chi connectivity index (χ2n) is 7.39. The fraction of sp³-hybridized carbons (Fsp3) is 0.455. The summed E-state index contributed by atoms with van der Waals surface area (Å²) in [7, 11) is 1.65. The third-order valence-electron chi connectivity index (χ3n) is 5.26. The first-order valence-corrected chi connectivity index (χ1v) is 10.2.